The number of ether oxygens (including phenoxy) is 1. The number of benzene rings is 1. The van der Waals surface area contributed by atoms with Gasteiger partial charge in [0.1, 0.15) is 5.69 Å². The van der Waals surface area contributed by atoms with Crippen molar-refractivity contribution in [3.63, 3.8) is 0 Å². The van der Waals surface area contributed by atoms with E-state index >= 15 is 0 Å². The molecule has 0 aromatic heterocycles. The topological polar surface area (TPSA) is 76.4 Å². The van der Waals surface area contributed by atoms with Gasteiger partial charge in [-0.15, -0.1) is 0 Å². The van der Waals surface area contributed by atoms with Gasteiger partial charge in [0.2, 0.25) is 0 Å². The predicted molar refractivity (Wildman–Crippen MR) is 64.2 cm³/mol. The molecule has 17 heavy (non-hydrogen) atoms. The van der Waals surface area contributed by atoms with E-state index in [0.29, 0.717) is 5.69 Å². The molecule has 0 saturated carbocycles. The molecular formula is C11H15N3O3. The molecule has 1 aromatic rings. The largest absolute Gasteiger partial charge is 0.378 e. The molecule has 0 radical (unpaired) electrons. The number of nitro groups is 1. The smallest absolute Gasteiger partial charge is 0.292 e. The van der Waals surface area contributed by atoms with Gasteiger partial charge in [0.25, 0.3) is 5.69 Å². The molecular weight excluding hydrogens is 222 g/mol. The van der Waals surface area contributed by atoms with E-state index in [-0.39, 0.29) is 22.8 Å². The Balaban J connectivity index is 2.15. The highest BCUT2D eigenvalue weighted by atomic mass is 16.6. The van der Waals surface area contributed by atoms with Crippen LogP contribution in [-0.4, -0.2) is 37.3 Å². The molecule has 2 atom stereocenters. The number of hydrogen-bond donors (Lipinski definition) is 2. The predicted octanol–water partition coefficient (Wildman–Crippen LogP) is 0.993. The highest BCUT2D eigenvalue weighted by molar-refractivity contribution is 5.61. The van der Waals surface area contributed by atoms with Crippen molar-refractivity contribution in [2.24, 2.45) is 0 Å². The zero-order valence-electron chi connectivity index (χ0n) is 9.55. The van der Waals surface area contributed by atoms with Crippen molar-refractivity contribution in [1.82, 2.24) is 5.32 Å². The third-order valence-corrected chi connectivity index (χ3v) is 2.90. The maximum atomic E-state index is 10.9. The van der Waals surface area contributed by atoms with Crippen molar-refractivity contribution in [2.45, 2.75) is 12.1 Å². The second-order valence-corrected chi connectivity index (χ2v) is 3.96. The highest BCUT2D eigenvalue weighted by Gasteiger charge is 2.28. The van der Waals surface area contributed by atoms with Crippen molar-refractivity contribution in [3.05, 3.63) is 34.4 Å². The molecule has 1 aromatic carbocycles. The van der Waals surface area contributed by atoms with Gasteiger partial charge in [-0.2, -0.15) is 0 Å². The van der Waals surface area contributed by atoms with Gasteiger partial charge in [0.15, 0.2) is 0 Å². The Hall–Kier alpha value is -1.66. The normalized spacial score (nSPS) is 23.6. The number of anilines is 1. The van der Waals surface area contributed by atoms with Crippen molar-refractivity contribution in [1.29, 1.82) is 0 Å². The molecule has 0 amide bonds. The molecule has 0 spiro atoms. The second kappa shape index (κ2) is 5.11. The van der Waals surface area contributed by atoms with Gasteiger partial charge < -0.3 is 15.4 Å². The molecule has 1 unspecified atom stereocenters. The Morgan fingerprint density at radius 2 is 2.24 bits per heavy atom. The number of methoxy groups -OCH3 is 1. The van der Waals surface area contributed by atoms with E-state index in [2.05, 4.69) is 10.6 Å². The summed E-state index contributed by atoms with van der Waals surface area (Å²) in [6, 6.07) is 6.69. The molecule has 1 saturated heterocycles. The van der Waals surface area contributed by atoms with E-state index in [1.165, 1.54) is 6.07 Å². The van der Waals surface area contributed by atoms with E-state index < -0.39 is 0 Å². The van der Waals surface area contributed by atoms with Crippen LogP contribution >= 0.6 is 0 Å². The quantitative estimate of drug-likeness (QED) is 0.603. The molecule has 1 heterocycles. The number of rotatable bonds is 4. The van der Waals surface area contributed by atoms with Gasteiger partial charge in [-0.3, -0.25) is 10.1 Å². The first-order chi connectivity index (χ1) is 8.22. The monoisotopic (exact) mass is 237 g/mol. The average Bonchev–Trinajstić information content (AvgIpc) is 2.77. The van der Waals surface area contributed by atoms with E-state index in [1.54, 1.807) is 25.3 Å². The van der Waals surface area contributed by atoms with Gasteiger partial charge in [-0.25, -0.2) is 0 Å². The van der Waals surface area contributed by atoms with Gasteiger partial charge >= 0.3 is 0 Å². The van der Waals surface area contributed by atoms with Crippen molar-refractivity contribution in [2.75, 3.05) is 25.5 Å². The number of nitrogens with one attached hydrogen (secondary N) is 2. The van der Waals surface area contributed by atoms with E-state index in [0.717, 1.165) is 13.1 Å². The van der Waals surface area contributed by atoms with Crippen molar-refractivity contribution >= 4 is 11.4 Å². The van der Waals surface area contributed by atoms with Crippen LogP contribution in [0.4, 0.5) is 11.4 Å². The zero-order chi connectivity index (χ0) is 12.3. The SMILES string of the molecule is CO[C@H]1CNCC1Nc1ccccc1[N+](=O)[O-]. The summed E-state index contributed by atoms with van der Waals surface area (Å²) in [5.41, 5.74) is 0.627. The molecule has 2 N–H and O–H groups in total. The average molecular weight is 237 g/mol. The molecule has 6 nitrogen and oxygen atoms in total. The van der Waals surface area contributed by atoms with Crippen LogP contribution in [0.3, 0.4) is 0 Å². The van der Waals surface area contributed by atoms with E-state index in [1.807, 2.05) is 0 Å². The Morgan fingerprint density at radius 1 is 1.47 bits per heavy atom. The molecule has 6 heteroatoms. The third-order valence-electron chi connectivity index (χ3n) is 2.90. The van der Waals surface area contributed by atoms with Gasteiger partial charge in [0, 0.05) is 26.3 Å². The third kappa shape index (κ3) is 2.54. The Bertz CT molecular complexity index is 411. The van der Waals surface area contributed by atoms with Crippen LogP contribution in [0.25, 0.3) is 0 Å². The molecule has 1 fully saturated rings. The number of para-hydroxylation sites is 2. The lowest BCUT2D eigenvalue weighted by molar-refractivity contribution is -0.384. The van der Waals surface area contributed by atoms with Crippen LogP contribution in [0.5, 0.6) is 0 Å². The lowest BCUT2D eigenvalue weighted by Gasteiger charge is -2.19. The van der Waals surface area contributed by atoms with Gasteiger partial charge in [0.05, 0.1) is 17.1 Å². The van der Waals surface area contributed by atoms with Crippen LogP contribution in [0.1, 0.15) is 0 Å². The first-order valence-electron chi connectivity index (χ1n) is 5.46. The first-order valence-corrected chi connectivity index (χ1v) is 5.46. The maximum absolute atomic E-state index is 10.9. The van der Waals surface area contributed by atoms with Crippen molar-refractivity contribution < 1.29 is 9.66 Å². The summed E-state index contributed by atoms with van der Waals surface area (Å²) in [5.74, 6) is 0. The van der Waals surface area contributed by atoms with Gasteiger partial charge in [-0.1, -0.05) is 12.1 Å². The van der Waals surface area contributed by atoms with Gasteiger partial charge in [-0.05, 0) is 6.07 Å². The Morgan fingerprint density at radius 3 is 2.94 bits per heavy atom. The number of hydrogen-bond acceptors (Lipinski definition) is 5. The first kappa shape index (κ1) is 11.8. The number of nitro benzene ring substituents is 1. The summed E-state index contributed by atoms with van der Waals surface area (Å²) in [7, 11) is 1.64. The van der Waals surface area contributed by atoms with Crippen LogP contribution in [-0.2, 0) is 4.74 Å². The van der Waals surface area contributed by atoms with E-state index in [4.69, 9.17) is 4.74 Å². The highest BCUT2D eigenvalue weighted by Crippen LogP contribution is 2.25. The summed E-state index contributed by atoms with van der Waals surface area (Å²) in [4.78, 5) is 10.5. The fraction of sp³-hybridized carbons (Fsp3) is 0.455. The maximum Gasteiger partial charge on any atom is 0.292 e. The van der Waals surface area contributed by atoms with Crippen LogP contribution in [0.15, 0.2) is 24.3 Å². The molecule has 1 aliphatic rings. The zero-order valence-corrected chi connectivity index (χ0v) is 9.55. The number of nitrogens with zero attached hydrogens (tertiary/aromatic N) is 1. The minimum atomic E-state index is -0.382. The summed E-state index contributed by atoms with van der Waals surface area (Å²) >= 11 is 0. The second-order valence-electron chi connectivity index (χ2n) is 3.96. The minimum Gasteiger partial charge on any atom is -0.378 e. The summed E-state index contributed by atoms with van der Waals surface area (Å²) in [5, 5.41) is 17.2. The molecule has 0 aliphatic carbocycles. The van der Waals surface area contributed by atoms with Crippen LogP contribution in [0.2, 0.25) is 0 Å². The van der Waals surface area contributed by atoms with Crippen LogP contribution in [0, 0.1) is 10.1 Å². The fourth-order valence-corrected chi connectivity index (χ4v) is 2.00. The Labute approximate surface area is 99.1 Å². The Kier molecular flexibility index (Phi) is 3.55. The molecule has 92 valence electrons. The summed E-state index contributed by atoms with van der Waals surface area (Å²) < 4.78 is 5.30. The standard InChI is InChI=1S/C11H15N3O3/c1-17-11-7-12-6-9(11)13-8-4-2-3-5-10(8)14(15)16/h2-5,9,11-13H,6-7H2,1H3/t9?,11-/m0/s1. The summed E-state index contributed by atoms with van der Waals surface area (Å²) in [6.07, 6.45) is 0.0369. The van der Waals surface area contributed by atoms with Crippen LogP contribution < -0.4 is 10.6 Å². The lowest BCUT2D eigenvalue weighted by atomic mass is 10.2. The fourth-order valence-electron chi connectivity index (χ4n) is 2.00. The lowest BCUT2D eigenvalue weighted by Crippen LogP contribution is -2.33. The molecule has 2 rings (SSSR count). The summed E-state index contributed by atoms with van der Waals surface area (Å²) in [6.45, 7) is 1.50. The molecule has 0 bridgehead atoms. The molecule has 1 aliphatic heterocycles. The minimum absolute atomic E-state index is 0.0369. The van der Waals surface area contributed by atoms with E-state index in [9.17, 15) is 10.1 Å². The van der Waals surface area contributed by atoms with Crippen molar-refractivity contribution in [3.8, 4) is 0 Å².